The number of hydrogen-bond acceptors (Lipinski definition) is 7. The smallest absolute Gasteiger partial charge is 0.407 e. The highest BCUT2D eigenvalue weighted by Gasteiger charge is 2.23. The van der Waals surface area contributed by atoms with Gasteiger partial charge in [0.25, 0.3) is 0 Å². The lowest BCUT2D eigenvalue weighted by Crippen LogP contribution is -2.44. The predicted octanol–water partition coefficient (Wildman–Crippen LogP) is 1.08. The molecular formula is C20H28N2O7. The lowest BCUT2D eigenvalue weighted by Gasteiger charge is -2.17. The Morgan fingerprint density at radius 3 is 2.45 bits per heavy atom. The third kappa shape index (κ3) is 10.2. The summed E-state index contributed by atoms with van der Waals surface area (Å²) in [6.07, 6.45) is -1.64. The van der Waals surface area contributed by atoms with Crippen LogP contribution in [0.1, 0.15) is 38.2 Å². The molecule has 0 unspecified atom stereocenters. The number of rotatable bonds is 12. The van der Waals surface area contributed by atoms with Crippen LogP contribution in [0.4, 0.5) is 4.79 Å². The Kier molecular flexibility index (Phi) is 11.0. The number of amides is 2. The summed E-state index contributed by atoms with van der Waals surface area (Å²) in [5, 5.41) is 14.7. The topological polar surface area (TPSA) is 131 Å². The number of carbonyl (C=O) groups excluding carboxylic acids is 4. The third-order valence-corrected chi connectivity index (χ3v) is 4.04. The molecule has 2 amide bonds. The third-order valence-electron chi connectivity index (χ3n) is 4.04. The van der Waals surface area contributed by atoms with E-state index in [1.165, 1.54) is 7.11 Å². The summed E-state index contributed by atoms with van der Waals surface area (Å²) in [4.78, 5) is 46.9. The maximum atomic E-state index is 12.0. The minimum Gasteiger partial charge on any atom is -0.467 e. The van der Waals surface area contributed by atoms with Crippen molar-refractivity contribution in [3.63, 3.8) is 0 Å². The minimum absolute atomic E-state index is 0.0357. The van der Waals surface area contributed by atoms with Crippen molar-refractivity contribution in [3.8, 4) is 0 Å². The first kappa shape index (κ1) is 24.1. The van der Waals surface area contributed by atoms with Crippen LogP contribution in [0.5, 0.6) is 0 Å². The summed E-state index contributed by atoms with van der Waals surface area (Å²) in [6.45, 7) is 1.60. The van der Waals surface area contributed by atoms with E-state index in [0.29, 0.717) is 6.42 Å². The minimum atomic E-state index is -1.17. The number of ether oxygens (including phenoxy) is 2. The van der Waals surface area contributed by atoms with Gasteiger partial charge in [-0.05, 0) is 12.0 Å². The summed E-state index contributed by atoms with van der Waals surface area (Å²) >= 11 is 0. The standard InChI is InChI=1S/C20H28N2O7/c1-3-15(23)9-10-17(19(26)28-2)22-18(25)11-16(24)12-21-20(27)29-13-14-7-5-4-6-8-14/h4-8,16-17,24H,3,9-13H2,1-2H3,(H,21,27)(H,22,25)/t16-,17-/m1/s1. The van der Waals surface area contributed by atoms with E-state index < -0.39 is 30.1 Å². The molecule has 0 aliphatic heterocycles. The zero-order valence-electron chi connectivity index (χ0n) is 16.7. The van der Waals surface area contributed by atoms with Gasteiger partial charge in [0, 0.05) is 19.4 Å². The van der Waals surface area contributed by atoms with Crippen LogP contribution in [-0.4, -0.2) is 54.7 Å². The molecule has 0 spiro atoms. The van der Waals surface area contributed by atoms with Crippen molar-refractivity contribution >= 4 is 23.8 Å². The Morgan fingerprint density at radius 2 is 1.83 bits per heavy atom. The van der Waals surface area contributed by atoms with Crippen LogP contribution in [0.15, 0.2) is 30.3 Å². The zero-order valence-corrected chi connectivity index (χ0v) is 16.7. The van der Waals surface area contributed by atoms with Crippen LogP contribution in [-0.2, 0) is 30.5 Å². The first-order valence-electron chi connectivity index (χ1n) is 9.37. The van der Waals surface area contributed by atoms with E-state index in [1.54, 1.807) is 19.1 Å². The van der Waals surface area contributed by atoms with Crippen molar-refractivity contribution in [1.82, 2.24) is 10.6 Å². The van der Waals surface area contributed by atoms with Gasteiger partial charge in [0.05, 0.1) is 19.6 Å². The average molecular weight is 408 g/mol. The van der Waals surface area contributed by atoms with Crippen LogP contribution < -0.4 is 10.6 Å². The largest absolute Gasteiger partial charge is 0.467 e. The number of esters is 1. The van der Waals surface area contributed by atoms with E-state index in [4.69, 9.17) is 4.74 Å². The van der Waals surface area contributed by atoms with Crippen LogP contribution >= 0.6 is 0 Å². The molecule has 29 heavy (non-hydrogen) atoms. The van der Waals surface area contributed by atoms with Gasteiger partial charge in [-0.1, -0.05) is 37.3 Å². The Bertz CT molecular complexity index is 679. The molecule has 1 rings (SSSR count). The lowest BCUT2D eigenvalue weighted by atomic mass is 10.1. The molecule has 2 atom stereocenters. The second-order valence-corrected chi connectivity index (χ2v) is 6.37. The number of alkyl carbamates (subject to hydrolysis) is 1. The molecular weight excluding hydrogens is 380 g/mol. The highest BCUT2D eigenvalue weighted by atomic mass is 16.5. The molecule has 0 heterocycles. The SMILES string of the molecule is CCC(=O)CC[C@@H](NC(=O)C[C@@H](O)CNC(=O)OCc1ccccc1)C(=O)OC. The Balaban J connectivity index is 2.35. The highest BCUT2D eigenvalue weighted by Crippen LogP contribution is 2.04. The maximum absolute atomic E-state index is 12.0. The number of carbonyl (C=O) groups is 4. The molecule has 0 fully saturated rings. The van der Waals surface area contributed by atoms with Gasteiger partial charge < -0.3 is 25.2 Å². The van der Waals surface area contributed by atoms with Crippen LogP contribution in [0, 0.1) is 0 Å². The summed E-state index contributed by atoms with van der Waals surface area (Å²) < 4.78 is 9.63. The number of hydrogen-bond donors (Lipinski definition) is 3. The number of methoxy groups -OCH3 is 1. The Hall–Kier alpha value is -2.94. The Labute approximate surface area is 169 Å². The molecule has 0 aliphatic rings. The molecule has 160 valence electrons. The van der Waals surface area contributed by atoms with Crippen molar-refractivity contribution < 1.29 is 33.8 Å². The quantitative estimate of drug-likeness (QED) is 0.441. The van der Waals surface area contributed by atoms with Gasteiger partial charge in [-0.3, -0.25) is 9.59 Å². The van der Waals surface area contributed by atoms with Gasteiger partial charge in [0.15, 0.2) is 0 Å². The second-order valence-electron chi connectivity index (χ2n) is 6.37. The van der Waals surface area contributed by atoms with Crippen molar-refractivity contribution in [3.05, 3.63) is 35.9 Å². The number of Topliss-reactive ketones (excluding diaryl/α,β-unsaturated/α-hetero) is 1. The van der Waals surface area contributed by atoms with Gasteiger partial charge in [0.1, 0.15) is 18.4 Å². The van der Waals surface area contributed by atoms with E-state index in [9.17, 15) is 24.3 Å². The van der Waals surface area contributed by atoms with Crippen molar-refractivity contribution in [2.75, 3.05) is 13.7 Å². The van der Waals surface area contributed by atoms with Crippen LogP contribution in [0.2, 0.25) is 0 Å². The van der Waals surface area contributed by atoms with E-state index in [2.05, 4.69) is 15.4 Å². The number of aliphatic hydroxyl groups excluding tert-OH is 1. The predicted molar refractivity (Wildman–Crippen MR) is 104 cm³/mol. The molecule has 1 aromatic rings. The fourth-order valence-corrected chi connectivity index (χ4v) is 2.39. The van der Waals surface area contributed by atoms with Gasteiger partial charge in [-0.15, -0.1) is 0 Å². The molecule has 0 aliphatic carbocycles. The summed E-state index contributed by atoms with van der Waals surface area (Å²) in [7, 11) is 1.18. The monoisotopic (exact) mass is 408 g/mol. The lowest BCUT2D eigenvalue weighted by molar-refractivity contribution is -0.145. The van der Waals surface area contributed by atoms with E-state index in [-0.39, 0.29) is 38.2 Å². The van der Waals surface area contributed by atoms with Gasteiger partial charge in [0.2, 0.25) is 5.91 Å². The first-order valence-corrected chi connectivity index (χ1v) is 9.37. The number of aliphatic hydroxyl groups is 1. The van der Waals surface area contributed by atoms with Crippen molar-refractivity contribution in [2.45, 2.75) is 51.4 Å². The van der Waals surface area contributed by atoms with Crippen LogP contribution in [0.25, 0.3) is 0 Å². The van der Waals surface area contributed by atoms with E-state index in [1.807, 2.05) is 18.2 Å². The second kappa shape index (κ2) is 13.3. The average Bonchev–Trinajstić information content (AvgIpc) is 2.73. The fourth-order valence-electron chi connectivity index (χ4n) is 2.39. The van der Waals surface area contributed by atoms with Crippen LogP contribution in [0.3, 0.4) is 0 Å². The molecule has 3 N–H and O–H groups in total. The van der Waals surface area contributed by atoms with Crippen molar-refractivity contribution in [2.24, 2.45) is 0 Å². The molecule has 0 bridgehead atoms. The van der Waals surface area contributed by atoms with Gasteiger partial charge in [-0.2, -0.15) is 0 Å². The zero-order chi connectivity index (χ0) is 21.6. The van der Waals surface area contributed by atoms with Gasteiger partial charge in [-0.25, -0.2) is 9.59 Å². The first-order chi connectivity index (χ1) is 13.8. The molecule has 0 saturated heterocycles. The molecule has 0 saturated carbocycles. The number of ketones is 1. The maximum Gasteiger partial charge on any atom is 0.407 e. The summed E-state index contributed by atoms with van der Waals surface area (Å²) in [5.41, 5.74) is 0.818. The van der Waals surface area contributed by atoms with E-state index >= 15 is 0 Å². The molecule has 0 radical (unpaired) electrons. The molecule has 9 nitrogen and oxygen atoms in total. The van der Waals surface area contributed by atoms with Gasteiger partial charge >= 0.3 is 12.1 Å². The van der Waals surface area contributed by atoms with Crippen molar-refractivity contribution in [1.29, 1.82) is 0 Å². The number of nitrogens with one attached hydrogen (secondary N) is 2. The summed E-state index contributed by atoms with van der Waals surface area (Å²) in [5.74, 6) is -1.30. The Morgan fingerprint density at radius 1 is 1.14 bits per heavy atom. The molecule has 1 aromatic carbocycles. The summed E-state index contributed by atoms with van der Waals surface area (Å²) in [6, 6.07) is 8.12. The molecule has 9 heteroatoms. The van der Waals surface area contributed by atoms with E-state index in [0.717, 1.165) is 5.56 Å². The number of benzene rings is 1. The highest BCUT2D eigenvalue weighted by molar-refractivity contribution is 5.85. The molecule has 0 aromatic heterocycles. The normalized spacial score (nSPS) is 12.4. The fraction of sp³-hybridized carbons (Fsp3) is 0.500.